The molecule has 0 aliphatic rings. The van der Waals surface area contributed by atoms with Crippen molar-refractivity contribution >= 4 is 22.9 Å². The summed E-state index contributed by atoms with van der Waals surface area (Å²) in [5, 5.41) is 3.04. The van der Waals surface area contributed by atoms with Crippen LogP contribution in [0.4, 0.5) is 0 Å². The van der Waals surface area contributed by atoms with Gasteiger partial charge in [-0.2, -0.15) is 0 Å². The molecule has 1 aromatic heterocycles. The zero-order valence-electron chi connectivity index (χ0n) is 8.75. The van der Waals surface area contributed by atoms with Crippen LogP contribution in [0.15, 0.2) is 23.6 Å². The molecule has 1 aromatic carbocycles. The third-order valence-corrected chi connectivity index (χ3v) is 3.58. The second kappa shape index (κ2) is 4.33. The lowest BCUT2D eigenvalue weighted by molar-refractivity contribution is 1.25. The van der Waals surface area contributed by atoms with Crippen molar-refractivity contribution in [1.82, 2.24) is 4.98 Å². The number of rotatable bonds is 2. The number of benzene rings is 1. The smallest absolute Gasteiger partial charge is 0.108 e. The number of hydrogen-bond acceptors (Lipinski definition) is 2. The number of aryl methyl sites for hydroxylation is 2. The zero-order chi connectivity index (χ0) is 10.8. The van der Waals surface area contributed by atoms with Crippen LogP contribution in [0.2, 0.25) is 0 Å². The number of halogens is 1. The monoisotopic (exact) mass is 237 g/mol. The van der Waals surface area contributed by atoms with E-state index >= 15 is 0 Å². The van der Waals surface area contributed by atoms with Crippen molar-refractivity contribution in [3.05, 3.63) is 39.7 Å². The highest BCUT2D eigenvalue weighted by atomic mass is 35.5. The lowest BCUT2D eigenvalue weighted by Gasteiger charge is -2.03. The summed E-state index contributed by atoms with van der Waals surface area (Å²) in [6.45, 7) is 4.21. The van der Waals surface area contributed by atoms with Crippen molar-refractivity contribution in [3.63, 3.8) is 0 Å². The van der Waals surface area contributed by atoms with E-state index in [0.29, 0.717) is 5.88 Å². The molecular formula is C12H12ClNS. The summed E-state index contributed by atoms with van der Waals surface area (Å²) in [5.74, 6) is 0.496. The van der Waals surface area contributed by atoms with Crippen LogP contribution < -0.4 is 0 Å². The average molecular weight is 238 g/mol. The van der Waals surface area contributed by atoms with Crippen LogP contribution in [0.25, 0.3) is 11.3 Å². The van der Waals surface area contributed by atoms with E-state index in [1.807, 2.05) is 0 Å². The highest BCUT2D eigenvalue weighted by molar-refractivity contribution is 7.10. The van der Waals surface area contributed by atoms with Crippen molar-refractivity contribution in [2.24, 2.45) is 0 Å². The van der Waals surface area contributed by atoms with Gasteiger partial charge in [-0.1, -0.05) is 23.8 Å². The minimum atomic E-state index is 0.496. The molecule has 0 spiro atoms. The van der Waals surface area contributed by atoms with Crippen LogP contribution in [0.3, 0.4) is 0 Å². The van der Waals surface area contributed by atoms with Gasteiger partial charge in [0.2, 0.25) is 0 Å². The van der Waals surface area contributed by atoms with Crippen LogP contribution in [-0.4, -0.2) is 4.98 Å². The molecule has 3 heteroatoms. The first-order chi connectivity index (χ1) is 7.20. The van der Waals surface area contributed by atoms with Gasteiger partial charge >= 0.3 is 0 Å². The molecular weight excluding hydrogens is 226 g/mol. The Morgan fingerprint density at radius 2 is 2.13 bits per heavy atom. The SMILES string of the molecule is Cc1ccc(-c2csc(CCl)n2)c(C)c1. The first kappa shape index (κ1) is 10.7. The first-order valence-corrected chi connectivity index (χ1v) is 6.20. The fourth-order valence-electron chi connectivity index (χ4n) is 1.60. The average Bonchev–Trinajstić information content (AvgIpc) is 2.66. The number of nitrogens with zero attached hydrogens (tertiary/aromatic N) is 1. The lowest BCUT2D eigenvalue weighted by atomic mass is 10.0. The Balaban J connectivity index is 2.44. The third kappa shape index (κ3) is 2.21. The Morgan fingerprint density at radius 3 is 2.73 bits per heavy atom. The predicted molar refractivity (Wildman–Crippen MR) is 66.6 cm³/mol. The maximum Gasteiger partial charge on any atom is 0.108 e. The second-order valence-electron chi connectivity index (χ2n) is 3.58. The van der Waals surface area contributed by atoms with Crippen molar-refractivity contribution < 1.29 is 0 Å². The minimum Gasteiger partial charge on any atom is -0.240 e. The lowest BCUT2D eigenvalue weighted by Crippen LogP contribution is -1.85. The Kier molecular flexibility index (Phi) is 3.08. The minimum absolute atomic E-state index is 0.496. The Bertz CT molecular complexity index is 476. The van der Waals surface area contributed by atoms with Crippen molar-refractivity contribution in [1.29, 1.82) is 0 Å². The molecule has 1 heterocycles. The Hall–Kier alpha value is -0.860. The molecule has 0 fully saturated rings. The van der Waals surface area contributed by atoms with E-state index < -0.39 is 0 Å². The Morgan fingerprint density at radius 1 is 1.33 bits per heavy atom. The predicted octanol–water partition coefficient (Wildman–Crippen LogP) is 4.17. The van der Waals surface area contributed by atoms with Crippen molar-refractivity contribution in [3.8, 4) is 11.3 Å². The summed E-state index contributed by atoms with van der Waals surface area (Å²) in [5.41, 5.74) is 4.78. The standard InChI is InChI=1S/C12H12ClNS/c1-8-3-4-10(9(2)5-8)11-7-15-12(6-13)14-11/h3-5,7H,6H2,1-2H3. The van der Waals surface area contributed by atoms with Gasteiger partial charge < -0.3 is 0 Å². The van der Waals surface area contributed by atoms with Gasteiger partial charge in [0.15, 0.2) is 0 Å². The number of alkyl halides is 1. The summed E-state index contributed by atoms with van der Waals surface area (Å²) in [6, 6.07) is 6.41. The summed E-state index contributed by atoms with van der Waals surface area (Å²) >= 11 is 7.35. The fourth-order valence-corrected chi connectivity index (χ4v) is 2.49. The Labute approximate surface area is 98.7 Å². The van der Waals surface area contributed by atoms with Gasteiger partial charge in [0, 0.05) is 10.9 Å². The highest BCUT2D eigenvalue weighted by Crippen LogP contribution is 2.26. The first-order valence-electron chi connectivity index (χ1n) is 4.78. The molecule has 0 N–H and O–H groups in total. The van der Waals surface area contributed by atoms with Gasteiger partial charge in [0.05, 0.1) is 11.6 Å². The maximum absolute atomic E-state index is 5.74. The molecule has 0 atom stereocenters. The number of aromatic nitrogens is 1. The van der Waals surface area contributed by atoms with Gasteiger partial charge in [-0.05, 0) is 19.4 Å². The third-order valence-electron chi connectivity index (χ3n) is 2.32. The molecule has 0 saturated heterocycles. The molecule has 15 heavy (non-hydrogen) atoms. The normalized spacial score (nSPS) is 10.6. The highest BCUT2D eigenvalue weighted by Gasteiger charge is 2.06. The fraction of sp³-hybridized carbons (Fsp3) is 0.250. The van der Waals surface area contributed by atoms with E-state index in [0.717, 1.165) is 10.7 Å². The molecule has 0 aliphatic carbocycles. The van der Waals surface area contributed by atoms with E-state index in [4.69, 9.17) is 11.6 Å². The van der Waals surface area contributed by atoms with Crippen LogP contribution in [0, 0.1) is 13.8 Å². The number of hydrogen-bond donors (Lipinski definition) is 0. The van der Waals surface area contributed by atoms with Gasteiger partial charge in [-0.3, -0.25) is 0 Å². The van der Waals surface area contributed by atoms with Crippen LogP contribution in [0.1, 0.15) is 16.1 Å². The largest absolute Gasteiger partial charge is 0.240 e. The van der Waals surface area contributed by atoms with E-state index in [9.17, 15) is 0 Å². The molecule has 0 unspecified atom stereocenters. The molecule has 78 valence electrons. The van der Waals surface area contributed by atoms with Gasteiger partial charge in [0.25, 0.3) is 0 Å². The summed E-state index contributed by atoms with van der Waals surface area (Å²) < 4.78 is 0. The van der Waals surface area contributed by atoms with Crippen LogP contribution in [-0.2, 0) is 5.88 Å². The van der Waals surface area contributed by atoms with Crippen LogP contribution in [0.5, 0.6) is 0 Å². The zero-order valence-corrected chi connectivity index (χ0v) is 10.3. The van der Waals surface area contributed by atoms with Gasteiger partial charge in [-0.15, -0.1) is 22.9 Å². The molecule has 0 bridgehead atoms. The van der Waals surface area contributed by atoms with E-state index in [1.165, 1.54) is 16.7 Å². The van der Waals surface area contributed by atoms with E-state index in [2.05, 4.69) is 42.4 Å². The van der Waals surface area contributed by atoms with Crippen molar-refractivity contribution in [2.75, 3.05) is 0 Å². The molecule has 0 saturated carbocycles. The molecule has 2 rings (SSSR count). The summed E-state index contributed by atoms with van der Waals surface area (Å²) in [7, 11) is 0. The molecule has 2 aromatic rings. The molecule has 0 amide bonds. The summed E-state index contributed by atoms with van der Waals surface area (Å²) in [6.07, 6.45) is 0. The summed E-state index contributed by atoms with van der Waals surface area (Å²) in [4.78, 5) is 4.48. The van der Waals surface area contributed by atoms with Crippen LogP contribution >= 0.6 is 22.9 Å². The van der Waals surface area contributed by atoms with E-state index in [1.54, 1.807) is 11.3 Å². The second-order valence-corrected chi connectivity index (χ2v) is 4.79. The van der Waals surface area contributed by atoms with Gasteiger partial charge in [-0.25, -0.2) is 4.98 Å². The van der Waals surface area contributed by atoms with Gasteiger partial charge in [0.1, 0.15) is 5.01 Å². The number of thiazole rings is 1. The van der Waals surface area contributed by atoms with E-state index in [-0.39, 0.29) is 0 Å². The topological polar surface area (TPSA) is 12.9 Å². The molecule has 1 nitrogen and oxygen atoms in total. The maximum atomic E-state index is 5.74. The quantitative estimate of drug-likeness (QED) is 0.715. The van der Waals surface area contributed by atoms with Crippen molar-refractivity contribution in [2.45, 2.75) is 19.7 Å². The molecule has 0 radical (unpaired) electrons. The molecule has 0 aliphatic heterocycles.